The second-order valence-electron chi connectivity index (χ2n) is 7.75. The van der Waals surface area contributed by atoms with Gasteiger partial charge in [-0.1, -0.05) is 23.7 Å². The molecule has 0 aliphatic carbocycles. The molecule has 4 aromatic rings. The van der Waals surface area contributed by atoms with Gasteiger partial charge in [0.25, 0.3) is 5.91 Å². The van der Waals surface area contributed by atoms with Crippen LogP contribution in [0.3, 0.4) is 0 Å². The third-order valence-corrected chi connectivity index (χ3v) is 5.80. The molecular formula is C24H21ClN6O. The molecule has 8 heteroatoms. The number of rotatable bonds is 5. The Balaban J connectivity index is 1.34. The Labute approximate surface area is 190 Å². The SMILES string of the molecule is O=C(c1ccc(-n2cccn2)nc1)N1CCC[C@H]1c1cncc(Cc2cccc(Cl)c2)n1. The third kappa shape index (κ3) is 4.24. The minimum absolute atomic E-state index is 0.0472. The number of likely N-dealkylation sites (tertiary alicyclic amines) is 1. The lowest BCUT2D eigenvalue weighted by Gasteiger charge is -2.24. The van der Waals surface area contributed by atoms with Crippen LogP contribution in [0.5, 0.6) is 0 Å². The molecule has 7 nitrogen and oxygen atoms in total. The van der Waals surface area contributed by atoms with Gasteiger partial charge in [-0.2, -0.15) is 5.10 Å². The van der Waals surface area contributed by atoms with Crippen molar-refractivity contribution < 1.29 is 4.79 Å². The van der Waals surface area contributed by atoms with Crippen molar-refractivity contribution in [3.05, 3.63) is 101 Å². The summed E-state index contributed by atoms with van der Waals surface area (Å²) in [5.41, 5.74) is 3.30. The van der Waals surface area contributed by atoms with Crippen LogP contribution in [0, 0.1) is 0 Å². The normalized spacial score (nSPS) is 15.8. The van der Waals surface area contributed by atoms with Crippen molar-refractivity contribution in [2.75, 3.05) is 6.54 Å². The zero-order valence-corrected chi connectivity index (χ0v) is 18.1. The van der Waals surface area contributed by atoms with Crippen molar-refractivity contribution in [2.24, 2.45) is 0 Å². The number of halogens is 1. The first kappa shape index (κ1) is 20.3. The van der Waals surface area contributed by atoms with Crippen molar-refractivity contribution in [1.29, 1.82) is 0 Å². The summed E-state index contributed by atoms with van der Waals surface area (Å²) < 4.78 is 1.66. The summed E-state index contributed by atoms with van der Waals surface area (Å²) in [7, 11) is 0. The molecule has 0 N–H and O–H groups in total. The average molecular weight is 445 g/mol. The molecule has 1 aliphatic heterocycles. The van der Waals surface area contributed by atoms with Crippen molar-refractivity contribution in [1.82, 2.24) is 29.6 Å². The number of nitrogens with zero attached hydrogens (tertiary/aromatic N) is 6. The van der Waals surface area contributed by atoms with Gasteiger partial charge in [0, 0.05) is 42.8 Å². The lowest BCUT2D eigenvalue weighted by molar-refractivity contribution is 0.0732. The fraction of sp³-hybridized carbons (Fsp3) is 0.208. The van der Waals surface area contributed by atoms with E-state index in [1.165, 1.54) is 0 Å². The molecule has 0 saturated carbocycles. The average Bonchev–Trinajstić information content (AvgIpc) is 3.52. The summed E-state index contributed by atoms with van der Waals surface area (Å²) in [5.74, 6) is 0.623. The first-order chi connectivity index (χ1) is 15.7. The smallest absolute Gasteiger partial charge is 0.255 e. The van der Waals surface area contributed by atoms with Crippen molar-refractivity contribution in [3.8, 4) is 5.82 Å². The topological polar surface area (TPSA) is 76.8 Å². The van der Waals surface area contributed by atoms with Gasteiger partial charge in [0.1, 0.15) is 0 Å². The van der Waals surface area contributed by atoms with Crippen molar-refractivity contribution >= 4 is 17.5 Å². The molecule has 1 saturated heterocycles. The Kier molecular flexibility index (Phi) is 5.64. The Bertz CT molecular complexity index is 1230. The Morgan fingerprint density at radius 1 is 1.12 bits per heavy atom. The molecule has 4 heterocycles. The van der Waals surface area contributed by atoms with Crippen molar-refractivity contribution in [3.63, 3.8) is 0 Å². The van der Waals surface area contributed by atoms with Gasteiger partial charge in [0.15, 0.2) is 5.82 Å². The van der Waals surface area contributed by atoms with Gasteiger partial charge in [-0.3, -0.25) is 14.8 Å². The highest BCUT2D eigenvalue weighted by molar-refractivity contribution is 6.30. The molecule has 1 aliphatic rings. The minimum Gasteiger partial charge on any atom is -0.330 e. The van der Waals surface area contributed by atoms with Crippen LogP contribution >= 0.6 is 11.6 Å². The number of aromatic nitrogens is 5. The van der Waals surface area contributed by atoms with E-state index in [0.29, 0.717) is 29.4 Å². The van der Waals surface area contributed by atoms with E-state index in [4.69, 9.17) is 16.6 Å². The molecule has 1 fully saturated rings. The van der Waals surface area contributed by atoms with E-state index in [1.807, 2.05) is 41.4 Å². The van der Waals surface area contributed by atoms with E-state index >= 15 is 0 Å². The molecule has 1 atom stereocenters. The first-order valence-electron chi connectivity index (χ1n) is 10.5. The standard InChI is InChI=1S/C24H21ClN6O/c25-19-5-1-4-17(12-19)13-20-15-26-16-21(29-20)22-6-2-10-30(22)24(32)18-7-8-23(27-14-18)31-11-3-9-28-31/h1,3-5,7-9,11-12,14-16,22H,2,6,10,13H2/t22-/m0/s1. The van der Waals surface area contributed by atoms with E-state index in [9.17, 15) is 4.79 Å². The highest BCUT2D eigenvalue weighted by atomic mass is 35.5. The lowest BCUT2D eigenvalue weighted by atomic mass is 10.1. The number of hydrogen-bond acceptors (Lipinski definition) is 5. The van der Waals surface area contributed by atoms with Crippen LogP contribution in [0.25, 0.3) is 5.82 Å². The van der Waals surface area contributed by atoms with Crippen LogP contribution in [-0.4, -0.2) is 42.1 Å². The number of benzene rings is 1. The molecule has 0 spiro atoms. The number of carbonyl (C=O) groups excluding carboxylic acids is 1. The first-order valence-corrected chi connectivity index (χ1v) is 10.9. The van der Waals surface area contributed by atoms with Crippen LogP contribution in [0.1, 0.15) is 46.2 Å². The highest BCUT2D eigenvalue weighted by Crippen LogP contribution is 2.32. The van der Waals surface area contributed by atoms with E-state index in [1.54, 1.807) is 41.6 Å². The van der Waals surface area contributed by atoms with Crippen LogP contribution in [-0.2, 0) is 6.42 Å². The predicted molar refractivity (Wildman–Crippen MR) is 121 cm³/mol. The van der Waals surface area contributed by atoms with Crippen LogP contribution in [0.4, 0.5) is 0 Å². The van der Waals surface area contributed by atoms with E-state index < -0.39 is 0 Å². The number of pyridine rings is 1. The quantitative estimate of drug-likeness (QED) is 0.459. The largest absolute Gasteiger partial charge is 0.330 e. The molecule has 0 bridgehead atoms. The van der Waals surface area contributed by atoms with E-state index in [0.717, 1.165) is 29.8 Å². The van der Waals surface area contributed by atoms with Gasteiger partial charge in [0.05, 0.1) is 29.2 Å². The molecule has 1 amide bonds. The van der Waals surface area contributed by atoms with E-state index in [2.05, 4.69) is 15.1 Å². The maximum atomic E-state index is 13.2. The van der Waals surface area contributed by atoms with Gasteiger partial charge in [-0.15, -0.1) is 0 Å². The molecular weight excluding hydrogens is 424 g/mol. The molecule has 32 heavy (non-hydrogen) atoms. The second kappa shape index (κ2) is 8.88. The Morgan fingerprint density at radius 2 is 2.06 bits per heavy atom. The maximum Gasteiger partial charge on any atom is 0.255 e. The summed E-state index contributed by atoms with van der Waals surface area (Å²) in [4.78, 5) is 28.7. The Morgan fingerprint density at radius 3 is 2.84 bits per heavy atom. The number of amides is 1. The van der Waals surface area contributed by atoms with Crippen LogP contribution < -0.4 is 0 Å². The summed E-state index contributed by atoms with van der Waals surface area (Å²) in [6.45, 7) is 0.685. The summed E-state index contributed by atoms with van der Waals surface area (Å²) >= 11 is 6.11. The monoisotopic (exact) mass is 444 g/mol. The minimum atomic E-state index is -0.0971. The lowest BCUT2D eigenvalue weighted by Crippen LogP contribution is -2.31. The summed E-state index contributed by atoms with van der Waals surface area (Å²) in [5, 5.41) is 4.87. The third-order valence-electron chi connectivity index (χ3n) is 5.57. The fourth-order valence-electron chi connectivity index (χ4n) is 4.06. The van der Waals surface area contributed by atoms with Gasteiger partial charge < -0.3 is 4.90 Å². The second-order valence-corrected chi connectivity index (χ2v) is 8.19. The van der Waals surface area contributed by atoms with Gasteiger partial charge in [0.2, 0.25) is 0 Å². The number of hydrogen-bond donors (Lipinski definition) is 0. The van der Waals surface area contributed by atoms with Crippen LogP contribution in [0.2, 0.25) is 5.02 Å². The van der Waals surface area contributed by atoms with Gasteiger partial charge in [-0.25, -0.2) is 9.67 Å². The van der Waals surface area contributed by atoms with Gasteiger partial charge >= 0.3 is 0 Å². The molecule has 5 rings (SSSR count). The summed E-state index contributed by atoms with van der Waals surface area (Å²) in [6.07, 6.45) is 11.1. The van der Waals surface area contributed by atoms with Crippen LogP contribution in [0.15, 0.2) is 73.4 Å². The number of carbonyl (C=O) groups is 1. The highest BCUT2D eigenvalue weighted by Gasteiger charge is 2.32. The zero-order valence-electron chi connectivity index (χ0n) is 17.3. The summed E-state index contributed by atoms with van der Waals surface area (Å²) in [6, 6.07) is 13.1. The molecule has 0 radical (unpaired) electrons. The van der Waals surface area contributed by atoms with Crippen molar-refractivity contribution in [2.45, 2.75) is 25.3 Å². The maximum absolute atomic E-state index is 13.2. The fourth-order valence-corrected chi connectivity index (χ4v) is 4.27. The Hall–Kier alpha value is -3.58. The molecule has 160 valence electrons. The zero-order chi connectivity index (χ0) is 21.9. The van der Waals surface area contributed by atoms with Gasteiger partial charge in [-0.05, 0) is 48.7 Å². The molecule has 1 aromatic carbocycles. The molecule has 0 unspecified atom stereocenters. The molecule has 3 aromatic heterocycles. The van der Waals surface area contributed by atoms with E-state index in [-0.39, 0.29) is 11.9 Å². The predicted octanol–water partition coefficient (Wildman–Crippen LogP) is 4.28.